The number of carbonyl (C=O) groups is 1. The predicted octanol–water partition coefficient (Wildman–Crippen LogP) is 4.38. The zero-order valence-electron chi connectivity index (χ0n) is 14.8. The number of imidazole rings is 1. The first-order valence-corrected chi connectivity index (χ1v) is 11.4. The average molecular weight is 420 g/mol. The number of halogens is 1. The van der Waals surface area contributed by atoms with Crippen molar-refractivity contribution in [2.45, 2.75) is 10.9 Å². The minimum absolute atomic E-state index is 0.265. The molecule has 1 atom stereocenters. The lowest BCUT2D eigenvalue weighted by Crippen LogP contribution is -2.13. The third kappa shape index (κ3) is 4.80. The number of benzene rings is 2. The van der Waals surface area contributed by atoms with Crippen LogP contribution in [0.5, 0.6) is 0 Å². The molecule has 0 aliphatic rings. The number of nitrogens with zero attached hydrogens (tertiary/aromatic N) is 2. The fourth-order valence-electron chi connectivity index (χ4n) is 2.62. The molecule has 5 nitrogen and oxygen atoms in total. The van der Waals surface area contributed by atoms with Crippen molar-refractivity contribution in [2.24, 2.45) is 0 Å². The van der Waals surface area contributed by atoms with Gasteiger partial charge in [0.05, 0.1) is 10.7 Å². The zero-order valence-corrected chi connectivity index (χ0v) is 17.2. The first-order valence-electron chi connectivity index (χ1n) is 8.05. The number of thioether (sulfide) groups is 1. The summed E-state index contributed by atoms with van der Waals surface area (Å²) in [6, 6.07) is 12.6. The van der Waals surface area contributed by atoms with Gasteiger partial charge >= 0.3 is 0 Å². The van der Waals surface area contributed by atoms with E-state index in [2.05, 4.69) is 10.3 Å². The van der Waals surface area contributed by atoms with Crippen molar-refractivity contribution < 1.29 is 9.00 Å². The summed E-state index contributed by atoms with van der Waals surface area (Å²) in [4.78, 5) is 17.0. The fraction of sp³-hybridized carbons (Fsp3) is 0.158. The van der Waals surface area contributed by atoms with Gasteiger partial charge in [0.15, 0.2) is 5.16 Å². The van der Waals surface area contributed by atoms with Crippen LogP contribution in [0.15, 0.2) is 60.0 Å². The van der Waals surface area contributed by atoms with E-state index in [1.54, 1.807) is 36.7 Å². The van der Waals surface area contributed by atoms with Gasteiger partial charge in [-0.05, 0) is 42.2 Å². The average Bonchev–Trinajstić information content (AvgIpc) is 3.13. The van der Waals surface area contributed by atoms with Gasteiger partial charge in [0.1, 0.15) is 0 Å². The highest BCUT2D eigenvalue weighted by Crippen LogP contribution is 2.25. The quantitative estimate of drug-likeness (QED) is 0.602. The molecule has 1 aromatic heterocycles. The Morgan fingerprint density at radius 1 is 1.30 bits per heavy atom. The van der Waals surface area contributed by atoms with Gasteiger partial charge in [0.2, 0.25) is 0 Å². The number of anilines is 1. The van der Waals surface area contributed by atoms with E-state index in [1.807, 2.05) is 35.2 Å². The minimum atomic E-state index is -0.970. The highest BCUT2D eigenvalue weighted by atomic mass is 35.5. The summed E-state index contributed by atoms with van der Waals surface area (Å²) in [7, 11) is -0.970. The molecule has 0 saturated heterocycles. The molecule has 0 saturated carbocycles. The summed E-state index contributed by atoms with van der Waals surface area (Å²) >= 11 is 7.74. The van der Waals surface area contributed by atoms with Crippen LogP contribution in [0.2, 0.25) is 5.02 Å². The molecule has 0 spiro atoms. The Labute approximate surface area is 169 Å². The molecule has 0 aliphatic carbocycles. The van der Waals surface area contributed by atoms with Crippen molar-refractivity contribution in [1.82, 2.24) is 9.55 Å². The number of hydrogen-bond donors (Lipinski definition) is 1. The monoisotopic (exact) mass is 419 g/mol. The Balaban J connectivity index is 1.85. The number of aromatic nitrogens is 2. The van der Waals surface area contributed by atoms with Crippen LogP contribution in [0.4, 0.5) is 5.69 Å². The van der Waals surface area contributed by atoms with Crippen LogP contribution in [-0.4, -0.2) is 32.2 Å². The normalized spacial score (nSPS) is 12.0. The Morgan fingerprint density at radius 2 is 2.11 bits per heavy atom. The third-order valence-corrected chi connectivity index (χ3v) is 5.56. The SMILES string of the molecule is CSc1nccn1-c1cccc(C(=O)Nc2cc(CS(C)=O)ccc2Cl)c1. The lowest BCUT2D eigenvalue weighted by molar-refractivity contribution is 0.102. The highest BCUT2D eigenvalue weighted by molar-refractivity contribution is 7.98. The fourth-order valence-corrected chi connectivity index (χ4v) is 3.96. The van der Waals surface area contributed by atoms with Crippen molar-refractivity contribution in [1.29, 1.82) is 0 Å². The van der Waals surface area contributed by atoms with Gasteiger partial charge < -0.3 is 5.32 Å². The molecule has 1 N–H and O–H groups in total. The second kappa shape index (κ2) is 8.73. The van der Waals surface area contributed by atoms with Gasteiger partial charge in [0.25, 0.3) is 5.91 Å². The maximum atomic E-state index is 12.7. The Kier molecular flexibility index (Phi) is 6.36. The summed E-state index contributed by atoms with van der Waals surface area (Å²) in [6.45, 7) is 0. The zero-order chi connectivity index (χ0) is 19.4. The number of carbonyl (C=O) groups excluding carboxylic acids is 1. The van der Waals surface area contributed by atoms with Crippen molar-refractivity contribution in [3.8, 4) is 5.69 Å². The summed E-state index contributed by atoms with van der Waals surface area (Å²) in [5.74, 6) is 0.146. The van der Waals surface area contributed by atoms with Crippen LogP contribution in [0, 0.1) is 0 Å². The van der Waals surface area contributed by atoms with E-state index in [-0.39, 0.29) is 5.91 Å². The third-order valence-electron chi connectivity index (χ3n) is 3.82. The van der Waals surface area contributed by atoms with Crippen LogP contribution < -0.4 is 5.32 Å². The molecule has 8 heteroatoms. The van der Waals surface area contributed by atoms with Crippen molar-refractivity contribution in [3.63, 3.8) is 0 Å². The second-order valence-electron chi connectivity index (χ2n) is 5.82. The van der Waals surface area contributed by atoms with E-state index in [1.165, 1.54) is 11.8 Å². The van der Waals surface area contributed by atoms with Crippen molar-refractivity contribution in [2.75, 3.05) is 17.8 Å². The number of hydrogen-bond acceptors (Lipinski definition) is 4. The molecule has 27 heavy (non-hydrogen) atoms. The van der Waals surface area contributed by atoms with E-state index in [4.69, 9.17) is 11.6 Å². The largest absolute Gasteiger partial charge is 0.321 e. The summed E-state index contributed by atoms with van der Waals surface area (Å²) in [5, 5.41) is 4.12. The lowest BCUT2D eigenvalue weighted by atomic mass is 10.1. The summed E-state index contributed by atoms with van der Waals surface area (Å²) in [5.41, 5.74) is 2.72. The highest BCUT2D eigenvalue weighted by Gasteiger charge is 2.12. The van der Waals surface area contributed by atoms with Gasteiger partial charge in [-0.2, -0.15) is 0 Å². The van der Waals surface area contributed by atoms with E-state index in [9.17, 15) is 9.00 Å². The van der Waals surface area contributed by atoms with Gasteiger partial charge in [0, 0.05) is 46.5 Å². The molecule has 0 fully saturated rings. The van der Waals surface area contributed by atoms with E-state index < -0.39 is 10.8 Å². The molecule has 1 amide bonds. The molecular weight excluding hydrogens is 402 g/mol. The maximum Gasteiger partial charge on any atom is 0.255 e. The minimum Gasteiger partial charge on any atom is -0.321 e. The molecule has 140 valence electrons. The smallest absolute Gasteiger partial charge is 0.255 e. The van der Waals surface area contributed by atoms with Crippen LogP contribution in [0.3, 0.4) is 0 Å². The molecule has 3 aromatic rings. The van der Waals surface area contributed by atoms with Crippen LogP contribution >= 0.6 is 23.4 Å². The maximum absolute atomic E-state index is 12.7. The number of rotatable bonds is 6. The van der Waals surface area contributed by atoms with Crippen molar-refractivity contribution in [3.05, 3.63) is 71.0 Å². The molecule has 3 rings (SSSR count). The molecule has 1 heterocycles. The van der Waals surface area contributed by atoms with Gasteiger partial charge in [-0.1, -0.05) is 35.5 Å². The van der Waals surface area contributed by atoms with E-state index in [0.717, 1.165) is 16.4 Å². The van der Waals surface area contributed by atoms with Crippen molar-refractivity contribution >= 4 is 45.8 Å². The van der Waals surface area contributed by atoms with Crippen LogP contribution in [0.25, 0.3) is 5.69 Å². The van der Waals surface area contributed by atoms with Gasteiger partial charge in [-0.15, -0.1) is 0 Å². The molecule has 1 unspecified atom stereocenters. The van der Waals surface area contributed by atoms with E-state index in [0.29, 0.717) is 22.0 Å². The van der Waals surface area contributed by atoms with E-state index >= 15 is 0 Å². The molecule has 0 radical (unpaired) electrons. The number of nitrogens with one attached hydrogen (secondary N) is 1. The first kappa shape index (κ1) is 19.7. The van der Waals surface area contributed by atoms with Crippen LogP contribution in [0.1, 0.15) is 15.9 Å². The Bertz CT molecular complexity index is 1000. The van der Waals surface area contributed by atoms with Gasteiger partial charge in [-0.25, -0.2) is 4.98 Å². The van der Waals surface area contributed by atoms with Gasteiger partial charge in [-0.3, -0.25) is 13.6 Å². The molecule has 0 bridgehead atoms. The summed E-state index contributed by atoms with van der Waals surface area (Å²) in [6.07, 6.45) is 7.17. The molecule has 2 aromatic carbocycles. The predicted molar refractivity (Wildman–Crippen MR) is 113 cm³/mol. The lowest BCUT2D eigenvalue weighted by Gasteiger charge is -2.11. The molecular formula is C19H18ClN3O2S2. The standard InChI is InChI=1S/C19H18ClN3O2S2/c1-26-19-21-8-9-23(19)15-5-3-4-14(11-15)18(24)22-17-10-13(12-27(2)25)6-7-16(17)20/h3-11H,12H2,1-2H3,(H,22,24). The number of amides is 1. The summed E-state index contributed by atoms with van der Waals surface area (Å²) < 4.78 is 13.4. The Morgan fingerprint density at radius 3 is 2.85 bits per heavy atom. The topological polar surface area (TPSA) is 64.0 Å². The first-order chi connectivity index (χ1) is 13.0. The Hall–Kier alpha value is -2.09. The molecule has 0 aliphatic heterocycles. The van der Waals surface area contributed by atoms with Crippen LogP contribution in [-0.2, 0) is 16.6 Å². The second-order valence-corrected chi connectivity index (χ2v) is 8.44.